The molecule has 0 atom stereocenters. The Morgan fingerprint density at radius 3 is 2.66 bits per heavy atom. The van der Waals surface area contributed by atoms with Crippen molar-refractivity contribution in [2.75, 3.05) is 44.8 Å². The van der Waals surface area contributed by atoms with Gasteiger partial charge in [0.1, 0.15) is 16.9 Å². The fourth-order valence-corrected chi connectivity index (χ4v) is 4.78. The zero-order valence-corrected chi connectivity index (χ0v) is 17.7. The van der Waals surface area contributed by atoms with Crippen molar-refractivity contribution in [3.63, 3.8) is 0 Å². The number of ether oxygens (including phenoxy) is 2. The minimum absolute atomic E-state index is 0.0487. The van der Waals surface area contributed by atoms with Gasteiger partial charge >= 0.3 is 0 Å². The first kappa shape index (κ1) is 19.4. The molecule has 1 aromatic carbocycles. The van der Waals surface area contributed by atoms with E-state index in [1.54, 1.807) is 7.11 Å². The first-order valence-electron chi connectivity index (χ1n) is 9.68. The number of para-hydroxylation sites is 2. The van der Waals surface area contributed by atoms with Crippen molar-refractivity contribution in [3.05, 3.63) is 41.0 Å². The molecule has 3 aromatic rings. The van der Waals surface area contributed by atoms with Crippen LogP contribution in [0.15, 0.2) is 30.6 Å². The van der Waals surface area contributed by atoms with Crippen LogP contribution in [-0.2, 0) is 0 Å². The maximum absolute atomic E-state index is 13.2. The van der Waals surface area contributed by atoms with E-state index in [9.17, 15) is 4.79 Å². The van der Waals surface area contributed by atoms with Crippen molar-refractivity contribution in [2.24, 2.45) is 0 Å². The molecule has 7 nitrogen and oxygen atoms in total. The van der Waals surface area contributed by atoms with E-state index in [1.807, 2.05) is 36.9 Å². The van der Waals surface area contributed by atoms with E-state index in [-0.39, 0.29) is 5.91 Å². The fourth-order valence-electron chi connectivity index (χ4n) is 3.67. The summed E-state index contributed by atoms with van der Waals surface area (Å²) in [4.78, 5) is 27.5. The number of fused-ring (bicyclic) bond motifs is 1. The average molecular weight is 413 g/mol. The second kappa shape index (κ2) is 8.24. The molecule has 0 radical (unpaired) electrons. The lowest BCUT2D eigenvalue weighted by atomic mass is 10.1. The number of anilines is 1. The van der Waals surface area contributed by atoms with Gasteiger partial charge in [-0.05, 0) is 31.5 Å². The first-order valence-corrected chi connectivity index (χ1v) is 10.5. The lowest BCUT2D eigenvalue weighted by Crippen LogP contribution is -2.48. The SMILES string of the molecule is CCOc1ncnc2sc(C(=O)N3CCN(c4ccccc4OC)CC3)c(C)c12. The second-order valence-electron chi connectivity index (χ2n) is 6.80. The minimum Gasteiger partial charge on any atom is -0.495 e. The normalized spacial score (nSPS) is 14.3. The van der Waals surface area contributed by atoms with Crippen molar-refractivity contribution < 1.29 is 14.3 Å². The number of piperazine rings is 1. The van der Waals surface area contributed by atoms with Gasteiger partial charge in [-0.1, -0.05) is 12.1 Å². The molecule has 4 rings (SSSR count). The number of thiophene rings is 1. The number of benzene rings is 1. The molecular weight excluding hydrogens is 388 g/mol. The molecule has 1 amide bonds. The van der Waals surface area contributed by atoms with Crippen molar-refractivity contribution in [2.45, 2.75) is 13.8 Å². The van der Waals surface area contributed by atoms with Gasteiger partial charge in [-0.2, -0.15) is 0 Å². The van der Waals surface area contributed by atoms with E-state index in [4.69, 9.17) is 9.47 Å². The summed E-state index contributed by atoms with van der Waals surface area (Å²) in [5.74, 6) is 1.45. The summed E-state index contributed by atoms with van der Waals surface area (Å²) in [6.45, 7) is 7.24. The average Bonchev–Trinajstić information content (AvgIpc) is 3.11. The molecule has 29 heavy (non-hydrogen) atoms. The van der Waals surface area contributed by atoms with Crippen LogP contribution in [0.25, 0.3) is 10.2 Å². The summed E-state index contributed by atoms with van der Waals surface area (Å²) in [6.07, 6.45) is 1.49. The van der Waals surface area contributed by atoms with Crippen LogP contribution in [0.1, 0.15) is 22.2 Å². The lowest BCUT2D eigenvalue weighted by Gasteiger charge is -2.36. The predicted octanol–water partition coefficient (Wildman–Crippen LogP) is 3.37. The predicted molar refractivity (Wildman–Crippen MR) is 114 cm³/mol. The third-order valence-corrected chi connectivity index (χ3v) is 6.35. The standard InChI is InChI=1S/C21H24N4O3S/c1-4-28-19-17-14(2)18(29-20(17)23-13-22-19)21(26)25-11-9-24(10-12-25)15-7-5-6-8-16(15)27-3/h5-8,13H,4,9-12H2,1-3H3. The summed E-state index contributed by atoms with van der Waals surface area (Å²) in [5.41, 5.74) is 1.96. The maximum atomic E-state index is 13.2. The summed E-state index contributed by atoms with van der Waals surface area (Å²) in [7, 11) is 1.68. The van der Waals surface area contributed by atoms with Crippen LogP contribution >= 0.6 is 11.3 Å². The molecule has 8 heteroatoms. The summed E-state index contributed by atoms with van der Waals surface area (Å²) in [6, 6.07) is 7.99. The Hall–Kier alpha value is -2.87. The molecule has 1 aliphatic rings. The monoisotopic (exact) mass is 412 g/mol. The van der Waals surface area contributed by atoms with Crippen LogP contribution in [-0.4, -0.2) is 60.7 Å². The van der Waals surface area contributed by atoms with E-state index in [1.165, 1.54) is 17.7 Å². The number of methoxy groups -OCH3 is 1. The Labute approximate surface area is 173 Å². The van der Waals surface area contributed by atoms with Crippen LogP contribution in [0, 0.1) is 6.92 Å². The smallest absolute Gasteiger partial charge is 0.264 e. The molecule has 3 heterocycles. The molecule has 1 saturated heterocycles. The molecule has 0 bridgehead atoms. The zero-order valence-electron chi connectivity index (χ0n) is 16.8. The second-order valence-corrected chi connectivity index (χ2v) is 7.80. The quantitative estimate of drug-likeness (QED) is 0.640. The Morgan fingerprint density at radius 2 is 1.93 bits per heavy atom. The van der Waals surface area contributed by atoms with E-state index < -0.39 is 0 Å². The van der Waals surface area contributed by atoms with Gasteiger partial charge in [0.2, 0.25) is 5.88 Å². The molecule has 1 fully saturated rings. The van der Waals surface area contributed by atoms with E-state index in [0.29, 0.717) is 30.5 Å². The van der Waals surface area contributed by atoms with Crippen molar-refractivity contribution >= 4 is 33.1 Å². The summed E-state index contributed by atoms with van der Waals surface area (Å²) < 4.78 is 11.1. The molecule has 0 saturated carbocycles. The number of hydrogen-bond acceptors (Lipinski definition) is 7. The van der Waals surface area contributed by atoms with Crippen LogP contribution < -0.4 is 14.4 Å². The van der Waals surface area contributed by atoms with E-state index in [0.717, 1.165) is 40.3 Å². The highest BCUT2D eigenvalue weighted by molar-refractivity contribution is 7.20. The molecular formula is C21H24N4O3S. The molecule has 0 unspecified atom stereocenters. The fraction of sp³-hybridized carbons (Fsp3) is 0.381. The number of aryl methyl sites for hydroxylation is 1. The Balaban J connectivity index is 1.53. The minimum atomic E-state index is 0.0487. The highest BCUT2D eigenvalue weighted by Gasteiger charge is 2.27. The number of carbonyl (C=O) groups excluding carboxylic acids is 1. The van der Waals surface area contributed by atoms with Gasteiger partial charge in [0, 0.05) is 26.2 Å². The Morgan fingerprint density at radius 1 is 1.17 bits per heavy atom. The van der Waals surface area contributed by atoms with Gasteiger partial charge in [-0.3, -0.25) is 4.79 Å². The van der Waals surface area contributed by atoms with Gasteiger partial charge in [0.05, 0.1) is 29.7 Å². The van der Waals surface area contributed by atoms with Gasteiger partial charge in [-0.25, -0.2) is 9.97 Å². The first-order chi connectivity index (χ1) is 14.1. The van der Waals surface area contributed by atoms with Gasteiger partial charge in [-0.15, -0.1) is 11.3 Å². The van der Waals surface area contributed by atoms with Crippen molar-refractivity contribution in [3.8, 4) is 11.6 Å². The van der Waals surface area contributed by atoms with E-state index in [2.05, 4.69) is 20.9 Å². The number of hydrogen-bond donors (Lipinski definition) is 0. The van der Waals surface area contributed by atoms with Crippen LogP contribution in [0.4, 0.5) is 5.69 Å². The van der Waals surface area contributed by atoms with Gasteiger partial charge in [0.15, 0.2) is 0 Å². The molecule has 0 N–H and O–H groups in total. The zero-order chi connectivity index (χ0) is 20.4. The Bertz CT molecular complexity index is 1030. The largest absolute Gasteiger partial charge is 0.495 e. The summed E-state index contributed by atoms with van der Waals surface area (Å²) in [5, 5.41) is 0.843. The Kier molecular flexibility index (Phi) is 5.53. The molecule has 1 aliphatic heterocycles. The van der Waals surface area contributed by atoms with E-state index >= 15 is 0 Å². The lowest BCUT2D eigenvalue weighted by molar-refractivity contribution is 0.0751. The van der Waals surface area contributed by atoms with Crippen molar-refractivity contribution in [1.29, 1.82) is 0 Å². The number of amides is 1. The number of aromatic nitrogens is 2. The molecule has 2 aromatic heterocycles. The molecule has 0 spiro atoms. The third-order valence-electron chi connectivity index (χ3n) is 5.16. The van der Waals surface area contributed by atoms with Crippen LogP contribution in [0.3, 0.4) is 0 Å². The molecule has 152 valence electrons. The van der Waals surface area contributed by atoms with Crippen LogP contribution in [0.2, 0.25) is 0 Å². The van der Waals surface area contributed by atoms with Gasteiger partial charge < -0.3 is 19.3 Å². The summed E-state index contributed by atoms with van der Waals surface area (Å²) >= 11 is 1.41. The highest BCUT2D eigenvalue weighted by Crippen LogP contribution is 2.35. The number of rotatable bonds is 5. The number of carbonyl (C=O) groups is 1. The molecule has 0 aliphatic carbocycles. The van der Waals surface area contributed by atoms with Gasteiger partial charge in [0.25, 0.3) is 5.91 Å². The maximum Gasteiger partial charge on any atom is 0.264 e. The number of nitrogens with zero attached hydrogens (tertiary/aromatic N) is 4. The highest BCUT2D eigenvalue weighted by atomic mass is 32.1. The topological polar surface area (TPSA) is 67.8 Å². The van der Waals surface area contributed by atoms with Crippen molar-refractivity contribution in [1.82, 2.24) is 14.9 Å². The van der Waals surface area contributed by atoms with Crippen LogP contribution in [0.5, 0.6) is 11.6 Å². The third kappa shape index (κ3) is 3.60.